The van der Waals surface area contributed by atoms with E-state index in [-0.39, 0.29) is 5.69 Å². The summed E-state index contributed by atoms with van der Waals surface area (Å²) >= 11 is 1.34. The number of fused-ring (bicyclic) bond motifs is 3. The number of benzene rings is 4. The summed E-state index contributed by atoms with van der Waals surface area (Å²) in [7, 11) is 0. The maximum Gasteiger partial charge on any atom is 0.270 e. The van der Waals surface area contributed by atoms with Crippen molar-refractivity contribution in [2.75, 3.05) is 5.75 Å². The summed E-state index contributed by atoms with van der Waals surface area (Å²) in [6.07, 6.45) is -0.721. The first kappa shape index (κ1) is 24.7. The van der Waals surface area contributed by atoms with Crippen molar-refractivity contribution in [2.45, 2.75) is 17.8 Å². The Morgan fingerprint density at radius 1 is 0.795 bits per heavy atom. The molecule has 1 N–H and O–H groups in total. The molecule has 0 amide bonds. The van der Waals surface area contributed by atoms with Gasteiger partial charge in [0.25, 0.3) is 5.69 Å². The standard InChI is InChI=1S/C30H23N5O3S/c36-23(18-34-26-14-8-7-13-24(26)25-17-22(35(37)38)15-16-27(25)34)19-39-30-31-28(20-9-3-1-4-10-20)29(32-33-30)21-11-5-2-6-12-21/h1-17,23,36H,18-19H2. The highest BCUT2D eigenvalue weighted by Crippen LogP contribution is 2.33. The summed E-state index contributed by atoms with van der Waals surface area (Å²) in [5.74, 6) is 0.349. The van der Waals surface area contributed by atoms with Crippen LogP contribution in [0.4, 0.5) is 5.69 Å². The van der Waals surface area contributed by atoms with Crippen LogP contribution in [0.2, 0.25) is 0 Å². The molecule has 9 heteroatoms. The highest BCUT2D eigenvalue weighted by molar-refractivity contribution is 7.99. The predicted molar refractivity (Wildman–Crippen MR) is 154 cm³/mol. The predicted octanol–water partition coefficient (Wildman–Crippen LogP) is 6.37. The first-order valence-electron chi connectivity index (χ1n) is 12.4. The van der Waals surface area contributed by atoms with E-state index < -0.39 is 11.0 Å². The number of rotatable bonds is 8. The zero-order valence-corrected chi connectivity index (χ0v) is 21.5. The maximum atomic E-state index is 11.3. The summed E-state index contributed by atoms with van der Waals surface area (Å²) in [5, 5.41) is 33.4. The minimum atomic E-state index is -0.721. The molecule has 6 rings (SSSR count). The number of hydrogen-bond acceptors (Lipinski definition) is 7. The molecule has 0 saturated carbocycles. The fourth-order valence-electron chi connectivity index (χ4n) is 4.75. The molecular weight excluding hydrogens is 510 g/mol. The van der Waals surface area contributed by atoms with Crippen LogP contribution in [0.1, 0.15) is 0 Å². The van der Waals surface area contributed by atoms with Gasteiger partial charge in [-0.15, -0.1) is 10.2 Å². The Balaban J connectivity index is 1.27. The molecule has 0 fully saturated rings. The van der Waals surface area contributed by atoms with Crippen molar-refractivity contribution >= 4 is 39.3 Å². The van der Waals surface area contributed by atoms with Gasteiger partial charge in [-0.2, -0.15) is 0 Å². The van der Waals surface area contributed by atoms with E-state index in [0.717, 1.165) is 38.6 Å². The van der Waals surface area contributed by atoms with Gasteiger partial charge in [0, 0.05) is 50.8 Å². The lowest BCUT2D eigenvalue weighted by Crippen LogP contribution is -2.18. The van der Waals surface area contributed by atoms with Gasteiger partial charge >= 0.3 is 0 Å². The third kappa shape index (κ3) is 4.97. The summed E-state index contributed by atoms with van der Waals surface area (Å²) < 4.78 is 2.01. The summed E-state index contributed by atoms with van der Waals surface area (Å²) in [6, 6.07) is 32.3. The molecule has 0 spiro atoms. The largest absolute Gasteiger partial charge is 0.390 e. The quantitative estimate of drug-likeness (QED) is 0.137. The topological polar surface area (TPSA) is 107 Å². The summed E-state index contributed by atoms with van der Waals surface area (Å²) in [6.45, 7) is 0.315. The van der Waals surface area contributed by atoms with Crippen molar-refractivity contribution in [2.24, 2.45) is 0 Å². The molecule has 6 aromatic rings. The molecule has 2 aromatic heterocycles. The van der Waals surface area contributed by atoms with E-state index in [4.69, 9.17) is 4.98 Å². The normalized spacial score (nSPS) is 12.1. The number of aliphatic hydroxyl groups excluding tert-OH is 1. The second-order valence-corrected chi connectivity index (χ2v) is 10.1. The van der Waals surface area contributed by atoms with Crippen LogP contribution in [0, 0.1) is 10.1 Å². The second kappa shape index (κ2) is 10.6. The van der Waals surface area contributed by atoms with Gasteiger partial charge in [-0.3, -0.25) is 10.1 Å². The molecule has 2 heterocycles. The molecule has 0 saturated heterocycles. The summed E-state index contributed by atoms with van der Waals surface area (Å²) in [5.41, 5.74) is 5.09. The zero-order chi connectivity index (χ0) is 26.8. The third-order valence-corrected chi connectivity index (χ3v) is 7.51. The lowest BCUT2D eigenvalue weighted by molar-refractivity contribution is -0.384. The Labute approximate surface area is 228 Å². The molecule has 1 atom stereocenters. The minimum absolute atomic E-state index is 0.0410. The van der Waals surface area contributed by atoms with Crippen molar-refractivity contribution in [1.29, 1.82) is 0 Å². The van der Waals surface area contributed by atoms with Gasteiger partial charge in [-0.25, -0.2) is 4.98 Å². The Morgan fingerprint density at radius 2 is 1.44 bits per heavy atom. The van der Waals surface area contributed by atoms with Gasteiger partial charge in [0.1, 0.15) is 11.4 Å². The molecule has 0 aliphatic carbocycles. The van der Waals surface area contributed by atoms with Crippen LogP contribution in [0.5, 0.6) is 0 Å². The van der Waals surface area contributed by atoms with Gasteiger partial charge in [0.15, 0.2) is 0 Å². The number of aliphatic hydroxyl groups is 1. The fraction of sp³-hybridized carbons (Fsp3) is 0.100. The molecule has 1 unspecified atom stereocenters. The van der Waals surface area contributed by atoms with Crippen molar-refractivity contribution in [3.05, 3.63) is 113 Å². The maximum absolute atomic E-state index is 11.3. The van der Waals surface area contributed by atoms with Crippen LogP contribution in [-0.4, -0.2) is 41.6 Å². The van der Waals surface area contributed by atoms with E-state index >= 15 is 0 Å². The van der Waals surface area contributed by atoms with E-state index in [0.29, 0.717) is 23.1 Å². The van der Waals surface area contributed by atoms with E-state index in [1.807, 2.05) is 89.5 Å². The Bertz CT molecular complexity index is 1790. The van der Waals surface area contributed by atoms with Gasteiger partial charge in [0.2, 0.25) is 5.16 Å². The molecule has 0 radical (unpaired) electrons. The molecule has 4 aromatic carbocycles. The van der Waals surface area contributed by atoms with Gasteiger partial charge in [0.05, 0.1) is 17.6 Å². The molecular formula is C30H23N5O3S. The average Bonchev–Trinajstić information content (AvgIpc) is 3.29. The molecule has 192 valence electrons. The molecule has 39 heavy (non-hydrogen) atoms. The molecule has 0 aliphatic heterocycles. The van der Waals surface area contributed by atoms with Gasteiger partial charge in [-0.05, 0) is 12.1 Å². The number of non-ortho nitro benzene ring substituents is 1. The van der Waals surface area contributed by atoms with Gasteiger partial charge in [-0.1, -0.05) is 90.6 Å². The van der Waals surface area contributed by atoms with Crippen molar-refractivity contribution in [3.8, 4) is 22.5 Å². The van der Waals surface area contributed by atoms with Crippen molar-refractivity contribution < 1.29 is 10.0 Å². The van der Waals surface area contributed by atoms with E-state index in [1.54, 1.807) is 12.1 Å². The van der Waals surface area contributed by atoms with E-state index in [1.165, 1.54) is 17.8 Å². The highest BCUT2D eigenvalue weighted by Gasteiger charge is 2.18. The Morgan fingerprint density at radius 3 is 2.15 bits per heavy atom. The number of hydrogen-bond donors (Lipinski definition) is 1. The Kier molecular flexibility index (Phi) is 6.75. The molecule has 8 nitrogen and oxygen atoms in total. The van der Waals surface area contributed by atoms with Crippen LogP contribution in [0.25, 0.3) is 44.3 Å². The zero-order valence-electron chi connectivity index (χ0n) is 20.7. The number of para-hydroxylation sites is 1. The lowest BCUT2D eigenvalue weighted by atomic mass is 10.0. The van der Waals surface area contributed by atoms with Crippen molar-refractivity contribution in [3.63, 3.8) is 0 Å². The Hall–Kier alpha value is -4.60. The lowest BCUT2D eigenvalue weighted by Gasteiger charge is -2.14. The van der Waals surface area contributed by atoms with Crippen LogP contribution < -0.4 is 0 Å². The fourth-order valence-corrected chi connectivity index (χ4v) is 5.45. The third-order valence-electron chi connectivity index (χ3n) is 6.53. The second-order valence-electron chi connectivity index (χ2n) is 9.07. The highest BCUT2D eigenvalue weighted by atomic mass is 32.2. The van der Waals surface area contributed by atoms with Crippen LogP contribution in [0.15, 0.2) is 108 Å². The number of nitrogens with zero attached hydrogens (tertiary/aromatic N) is 5. The summed E-state index contributed by atoms with van der Waals surface area (Å²) in [4.78, 5) is 15.8. The van der Waals surface area contributed by atoms with E-state index in [2.05, 4.69) is 10.2 Å². The minimum Gasteiger partial charge on any atom is -0.390 e. The number of nitro benzene ring substituents is 1. The van der Waals surface area contributed by atoms with Crippen LogP contribution in [-0.2, 0) is 6.54 Å². The molecule has 0 bridgehead atoms. The SMILES string of the molecule is O=[N+]([O-])c1ccc2c(c1)c1ccccc1n2CC(O)CSc1nnc(-c2ccccc2)c(-c2ccccc2)n1. The van der Waals surface area contributed by atoms with Gasteiger partial charge < -0.3 is 9.67 Å². The monoisotopic (exact) mass is 533 g/mol. The first-order valence-corrected chi connectivity index (χ1v) is 13.4. The smallest absolute Gasteiger partial charge is 0.270 e. The average molecular weight is 534 g/mol. The number of nitro groups is 1. The first-order chi connectivity index (χ1) is 19.1. The molecule has 0 aliphatic rings. The van der Waals surface area contributed by atoms with E-state index in [9.17, 15) is 15.2 Å². The van der Waals surface area contributed by atoms with Crippen molar-refractivity contribution in [1.82, 2.24) is 19.7 Å². The van der Waals surface area contributed by atoms with Crippen LogP contribution >= 0.6 is 11.8 Å². The number of aromatic nitrogens is 4. The number of thioether (sulfide) groups is 1. The van der Waals surface area contributed by atoms with Crippen LogP contribution in [0.3, 0.4) is 0 Å².